The minimum Gasteiger partial charge on any atom is -0.465 e. The van der Waals surface area contributed by atoms with Crippen molar-refractivity contribution in [2.75, 3.05) is 27.2 Å². The van der Waals surface area contributed by atoms with Crippen molar-refractivity contribution in [3.63, 3.8) is 0 Å². The molecule has 258 valence electrons. The van der Waals surface area contributed by atoms with Gasteiger partial charge in [-0.2, -0.15) is 0 Å². The molecule has 0 aromatic heterocycles. The van der Waals surface area contributed by atoms with Crippen LogP contribution < -0.4 is 0 Å². The Balaban J connectivity index is 5.15. The number of esters is 1. The van der Waals surface area contributed by atoms with Gasteiger partial charge in [0, 0.05) is 0 Å². The van der Waals surface area contributed by atoms with Crippen LogP contribution in [0.4, 0.5) is 0 Å². The van der Waals surface area contributed by atoms with Crippen LogP contribution in [-0.4, -0.2) is 38.1 Å². The second-order valence-corrected chi connectivity index (χ2v) is 13.4. The molecule has 0 radical (unpaired) electrons. The molecule has 0 aliphatic heterocycles. The summed E-state index contributed by atoms with van der Waals surface area (Å²) in [6, 6.07) is 0. The highest BCUT2D eigenvalue weighted by Gasteiger charge is 2.28. The number of rotatable bonds is 33. The topological polar surface area (TPSA) is 29.5 Å². The third-order valence-corrected chi connectivity index (χ3v) is 8.82. The molecule has 0 heterocycles. The van der Waals surface area contributed by atoms with Crippen LogP contribution in [0.15, 0.2) is 36.5 Å². The van der Waals surface area contributed by atoms with E-state index in [1.54, 1.807) is 0 Å². The number of ether oxygens (including phenoxy) is 1. The maximum atomic E-state index is 13.6. The molecular weight excluding hydrogens is 538 g/mol. The van der Waals surface area contributed by atoms with E-state index in [9.17, 15) is 4.79 Å². The minimum absolute atomic E-state index is 0.0410. The second-order valence-electron chi connectivity index (χ2n) is 13.4. The van der Waals surface area contributed by atoms with Crippen molar-refractivity contribution in [1.29, 1.82) is 0 Å². The molecule has 0 spiro atoms. The van der Waals surface area contributed by atoms with Gasteiger partial charge in [-0.05, 0) is 136 Å². The van der Waals surface area contributed by atoms with Crippen molar-refractivity contribution in [3.8, 4) is 0 Å². The molecule has 0 amide bonds. The number of carbonyl (C=O) groups is 1. The number of hydrogen-bond donors (Lipinski definition) is 0. The van der Waals surface area contributed by atoms with Crippen LogP contribution in [0.2, 0.25) is 0 Å². The average molecular weight is 616 g/mol. The van der Waals surface area contributed by atoms with Crippen LogP contribution in [0.25, 0.3) is 0 Å². The molecule has 1 unspecified atom stereocenters. The van der Waals surface area contributed by atoms with Crippen molar-refractivity contribution in [2.45, 2.75) is 181 Å². The molecule has 0 aliphatic rings. The number of allylic oxidation sites excluding steroid dienone is 6. The molecule has 1 atom stereocenters. The molecule has 3 heteroatoms. The third-order valence-electron chi connectivity index (χ3n) is 8.82. The normalized spacial score (nSPS) is 13.0. The summed E-state index contributed by atoms with van der Waals surface area (Å²) in [6.07, 6.45) is 44.1. The maximum absolute atomic E-state index is 13.6. The van der Waals surface area contributed by atoms with Gasteiger partial charge in [0.05, 0.1) is 12.5 Å². The van der Waals surface area contributed by atoms with E-state index in [-0.39, 0.29) is 11.9 Å². The van der Waals surface area contributed by atoms with Gasteiger partial charge in [-0.25, -0.2) is 0 Å². The van der Waals surface area contributed by atoms with E-state index in [4.69, 9.17) is 4.74 Å². The molecule has 0 N–H and O–H groups in total. The van der Waals surface area contributed by atoms with Crippen molar-refractivity contribution in [1.82, 2.24) is 4.90 Å². The van der Waals surface area contributed by atoms with E-state index in [1.165, 1.54) is 103 Å². The zero-order valence-corrected chi connectivity index (χ0v) is 30.5. The average Bonchev–Trinajstić information content (AvgIpc) is 3.01. The van der Waals surface area contributed by atoms with Gasteiger partial charge in [-0.3, -0.25) is 4.79 Å². The first kappa shape index (κ1) is 42.6. The molecular formula is C41H77NO2. The zero-order valence-electron chi connectivity index (χ0n) is 30.5. The van der Waals surface area contributed by atoms with Gasteiger partial charge in [0.15, 0.2) is 0 Å². The standard InChI is InChI=1S/C41H77NO2/c1-6-9-12-15-18-21-24-29-34-39(35-30-25-22-19-16-13-10-7-2)40(36-31-26-23-20-17-14-11-8-3)41(43)44-38-33-28-27-32-37-42(4)5/h18-23,39-40H,6-17,24-38H2,1-5H3/b21-18-,22-19-,23-20-. The van der Waals surface area contributed by atoms with Crippen LogP contribution in [0.3, 0.4) is 0 Å². The van der Waals surface area contributed by atoms with Gasteiger partial charge >= 0.3 is 5.97 Å². The highest BCUT2D eigenvalue weighted by molar-refractivity contribution is 5.72. The molecule has 0 bridgehead atoms. The number of nitrogens with zero attached hydrogens (tertiary/aromatic N) is 1. The Morgan fingerprint density at radius 1 is 0.523 bits per heavy atom. The van der Waals surface area contributed by atoms with Gasteiger partial charge in [0.1, 0.15) is 0 Å². The molecule has 0 aromatic carbocycles. The summed E-state index contributed by atoms with van der Waals surface area (Å²) in [6.45, 7) is 8.52. The van der Waals surface area contributed by atoms with Crippen LogP contribution in [-0.2, 0) is 9.53 Å². The lowest BCUT2D eigenvalue weighted by atomic mass is 9.81. The van der Waals surface area contributed by atoms with E-state index in [1.807, 2.05) is 0 Å². The smallest absolute Gasteiger partial charge is 0.309 e. The SMILES string of the molecule is CCCCC/C=C\CCCC(CCC/C=C\CCCCC)C(CCC/C=C\CCCCC)C(=O)OCCCCCCN(C)C. The Kier molecular flexibility index (Phi) is 33.5. The fourth-order valence-corrected chi connectivity index (χ4v) is 5.95. The van der Waals surface area contributed by atoms with Gasteiger partial charge in [0.2, 0.25) is 0 Å². The Labute approximate surface area is 276 Å². The van der Waals surface area contributed by atoms with E-state index in [0.717, 1.165) is 64.3 Å². The van der Waals surface area contributed by atoms with E-state index >= 15 is 0 Å². The molecule has 44 heavy (non-hydrogen) atoms. The van der Waals surface area contributed by atoms with Gasteiger partial charge in [0.25, 0.3) is 0 Å². The van der Waals surface area contributed by atoms with Gasteiger partial charge in [-0.15, -0.1) is 0 Å². The van der Waals surface area contributed by atoms with Crippen LogP contribution in [0, 0.1) is 11.8 Å². The summed E-state index contributed by atoms with van der Waals surface area (Å²) in [4.78, 5) is 15.8. The van der Waals surface area contributed by atoms with Crippen molar-refractivity contribution in [3.05, 3.63) is 36.5 Å². The summed E-state index contributed by atoms with van der Waals surface area (Å²) in [5.74, 6) is 0.554. The Bertz CT molecular complexity index is 654. The summed E-state index contributed by atoms with van der Waals surface area (Å²) < 4.78 is 6.00. The van der Waals surface area contributed by atoms with Crippen LogP contribution >= 0.6 is 0 Å². The Morgan fingerprint density at radius 3 is 1.36 bits per heavy atom. The highest BCUT2D eigenvalue weighted by Crippen LogP contribution is 2.30. The Morgan fingerprint density at radius 2 is 0.932 bits per heavy atom. The fraction of sp³-hybridized carbons (Fsp3) is 0.829. The predicted octanol–water partition coefficient (Wildman–Crippen LogP) is 12.8. The molecule has 3 nitrogen and oxygen atoms in total. The van der Waals surface area contributed by atoms with Crippen molar-refractivity contribution >= 4 is 5.97 Å². The summed E-state index contributed by atoms with van der Waals surface area (Å²) in [5.41, 5.74) is 0. The summed E-state index contributed by atoms with van der Waals surface area (Å²) in [7, 11) is 4.27. The van der Waals surface area contributed by atoms with Crippen molar-refractivity contribution in [2.24, 2.45) is 11.8 Å². The van der Waals surface area contributed by atoms with Gasteiger partial charge in [-0.1, -0.05) is 109 Å². The summed E-state index contributed by atoms with van der Waals surface area (Å²) in [5, 5.41) is 0. The Hall–Kier alpha value is -1.35. The molecule has 0 rings (SSSR count). The first-order valence-electron chi connectivity index (χ1n) is 19.3. The monoisotopic (exact) mass is 616 g/mol. The van der Waals surface area contributed by atoms with Crippen LogP contribution in [0.1, 0.15) is 181 Å². The van der Waals surface area contributed by atoms with Crippen LogP contribution in [0.5, 0.6) is 0 Å². The van der Waals surface area contributed by atoms with E-state index in [2.05, 4.69) is 76.2 Å². The molecule has 0 aliphatic carbocycles. The first-order valence-corrected chi connectivity index (χ1v) is 19.3. The molecule has 0 fully saturated rings. The summed E-state index contributed by atoms with van der Waals surface area (Å²) >= 11 is 0. The molecule has 0 saturated heterocycles. The number of unbranched alkanes of at least 4 members (excludes halogenated alkanes) is 15. The van der Waals surface area contributed by atoms with Gasteiger partial charge < -0.3 is 9.64 Å². The van der Waals surface area contributed by atoms with E-state index in [0.29, 0.717) is 12.5 Å². The first-order chi connectivity index (χ1) is 21.6. The lowest BCUT2D eigenvalue weighted by Gasteiger charge is -2.26. The predicted molar refractivity (Wildman–Crippen MR) is 196 cm³/mol. The number of hydrogen-bond acceptors (Lipinski definition) is 3. The maximum Gasteiger partial charge on any atom is 0.309 e. The second kappa shape index (κ2) is 34.5. The minimum atomic E-state index is 0.0410. The lowest BCUT2D eigenvalue weighted by molar-refractivity contribution is -0.151. The lowest BCUT2D eigenvalue weighted by Crippen LogP contribution is -2.27. The largest absolute Gasteiger partial charge is 0.465 e. The molecule has 0 saturated carbocycles. The third kappa shape index (κ3) is 29.4. The van der Waals surface area contributed by atoms with Crippen molar-refractivity contribution < 1.29 is 9.53 Å². The molecule has 0 aromatic rings. The highest BCUT2D eigenvalue weighted by atomic mass is 16.5. The number of carbonyl (C=O) groups excluding carboxylic acids is 1. The zero-order chi connectivity index (χ0) is 32.4. The van der Waals surface area contributed by atoms with E-state index < -0.39 is 0 Å². The fourth-order valence-electron chi connectivity index (χ4n) is 5.95. The quantitative estimate of drug-likeness (QED) is 0.0418.